The fraction of sp³-hybridized carbons (Fsp3) is 0.462. The SMILES string of the molecule is O=C(O)CC1(NC(=O)c2cccc(Br)n2)CCCC1. The van der Waals surface area contributed by atoms with E-state index in [1.165, 1.54) is 0 Å². The molecule has 1 saturated carbocycles. The highest BCUT2D eigenvalue weighted by Crippen LogP contribution is 2.32. The first-order valence-electron chi connectivity index (χ1n) is 6.18. The van der Waals surface area contributed by atoms with Crippen molar-refractivity contribution in [2.45, 2.75) is 37.6 Å². The number of halogens is 1. The van der Waals surface area contributed by atoms with Gasteiger partial charge >= 0.3 is 5.97 Å². The summed E-state index contributed by atoms with van der Waals surface area (Å²) in [6, 6.07) is 5.08. The highest BCUT2D eigenvalue weighted by atomic mass is 79.9. The molecule has 2 N–H and O–H groups in total. The van der Waals surface area contributed by atoms with Gasteiger partial charge in [0.05, 0.1) is 12.0 Å². The zero-order chi connectivity index (χ0) is 13.9. The van der Waals surface area contributed by atoms with Gasteiger partial charge in [-0.1, -0.05) is 18.9 Å². The van der Waals surface area contributed by atoms with Crippen LogP contribution < -0.4 is 5.32 Å². The second-order valence-electron chi connectivity index (χ2n) is 4.86. The second-order valence-corrected chi connectivity index (χ2v) is 5.67. The lowest BCUT2D eigenvalue weighted by molar-refractivity contribution is -0.138. The number of aliphatic carboxylic acids is 1. The maximum absolute atomic E-state index is 12.2. The predicted octanol–water partition coefficient (Wildman–Crippen LogP) is 2.36. The van der Waals surface area contributed by atoms with Crippen LogP contribution in [0.1, 0.15) is 42.6 Å². The van der Waals surface area contributed by atoms with E-state index in [-0.39, 0.29) is 12.3 Å². The normalized spacial score (nSPS) is 17.1. The van der Waals surface area contributed by atoms with E-state index in [2.05, 4.69) is 26.2 Å². The summed E-state index contributed by atoms with van der Waals surface area (Å²) >= 11 is 3.21. The zero-order valence-corrected chi connectivity index (χ0v) is 11.9. The van der Waals surface area contributed by atoms with Crippen LogP contribution in [0.25, 0.3) is 0 Å². The van der Waals surface area contributed by atoms with Crippen LogP contribution in [0.4, 0.5) is 0 Å². The second kappa shape index (κ2) is 5.69. The van der Waals surface area contributed by atoms with Crippen molar-refractivity contribution in [1.29, 1.82) is 0 Å². The number of hydrogen-bond acceptors (Lipinski definition) is 3. The lowest BCUT2D eigenvalue weighted by Crippen LogP contribution is -2.48. The minimum Gasteiger partial charge on any atom is -0.481 e. The third kappa shape index (κ3) is 3.53. The van der Waals surface area contributed by atoms with Crippen molar-refractivity contribution in [3.8, 4) is 0 Å². The molecule has 1 amide bonds. The van der Waals surface area contributed by atoms with E-state index >= 15 is 0 Å². The molecule has 0 spiro atoms. The Bertz CT molecular complexity index is 498. The van der Waals surface area contributed by atoms with Crippen LogP contribution in [0.3, 0.4) is 0 Å². The van der Waals surface area contributed by atoms with E-state index in [4.69, 9.17) is 5.11 Å². The third-order valence-electron chi connectivity index (χ3n) is 3.38. The van der Waals surface area contributed by atoms with Crippen LogP contribution in [0.5, 0.6) is 0 Å². The van der Waals surface area contributed by atoms with E-state index in [1.54, 1.807) is 18.2 Å². The number of carboxylic acids is 1. The van der Waals surface area contributed by atoms with Crippen LogP contribution in [0.2, 0.25) is 0 Å². The van der Waals surface area contributed by atoms with Crippen LogP contribution in [-0.2, 0) is 4.79 Å². The average molecular weight is 327 g/mol. The number of nitrogens with one attached hydrogen (secondary N) is 1. The summed E-state index contributed by atoms with van der Waals surface area (Å²) in [5.74, 6) is -1.20. The number of aromatic nitrogens is 1. The van der Waals surface area contributed by atoms with E-state index in [0.29, 0.717) is 23.1 Å². The maximum Gasteiger partial charge on any atom is 0.305 e. The Balaban J connectivity index is 2.13. The number of amides is 1. The smallest absolute Gasteiger partial charge is 0.305 e. The molecule has 0 aromatic carbocycles. The lowest BCUT2D eigenvalue weighted by Gasteiger charge is -2.28. The molecule has 5 nitrogen and oxygen atoms in total. The molecule has 0 unspecified atom stereocenters. The molecular formula is C13H15BrN2O3. The summed E-state index contributed by atoms with van der Waals surface area (Å²) < 4.78 is 0.582. The first-order valence-corrected chi connectivity index (χ1v) is 6.97. The van der Waals surface area contributed by atoms with Crippen LogP contribution in [0, 0.1) is 0 Å². The van der Waals surface area contributed by atoms with Crippen molar-refractivity contribution in [2.24, 2.45) is 0 Å². The topological polar surface area (TPSA) is 79.3 Å². The fourth-order valence-corrected chi connectivity index (χ4v) is 2.87. The van der Waals surface area contributed by atoms with E-state index in [9.17, 15) is 9.59 Å². The molecular weight excluding hydrogens is 312 g/mol. The summed E-state index contributed by atoms with van der Waals surface area (Å²) in [4.78, 5) is 27.2. The molecule has 19 heavy (non-hydrogen) atoms. The van der Waals surface area contributed by atoms with Gasteiger partial charge in [0, 0.05) is 0 Å². The van der Waals surface area contributed by atoms with Gasteiger partial charge in [-0.3, -0.25) is 9.59 Å². The monoisotopic (exact) mass is 326 g/mol. The molecule has 1 fully saturated rings. The Morgan fingerprint density at radius 2 is 2.05 bits per heavy atom. The van der Waals surface area contributed by atoms with E-state index < -0.39 is 11.5 Å². The summed E-state index contributed by atoms with van der Waals surface area (Å²) in [5, 5.41) is 11.9. The van der Waals surface area contributed by atoms with Gasteiger partial charge in [0.1, 0.15) is 10.3 Å². The number of carbonyl (C=O) groups is 2. The summed E-state index contributed by atoms with van der Waals surface area (Å²) in [7, 11) is 0. The number of nitrogens with zero attached hydrogens (tertiary/aromatic N) is 1. The molecule has 0 saturated heterocycles. The largest absolute Gasteiger partial charge is 0.481 e. The Morgan fingerprint density at radius 3 is 2.63 bits per heavy atom. The summed E-state index contributed by atoms with van der Waals surface area (Å²) in [6.45, 7) is 0. The Morgan fingerprint density at radius 1 is 1.37 bits per heavy atom. The van der Waals surface area contributed by atoms with Crippen molar-refractivity contribution in [3.05, 3.63) is 28.5 Å². The molecule has 1 aromatic heterocycles. The van der Waals surface area contributed by atoms with Gasteiger partial charge in [0.25, 0.3) is 5.91 Å². The first-order chi connectivity index (χ1) is 9.01. The van der Waals surface area contributed by atoms with E-state index in [0.717, 1.165) is 12.8 Å². The van der Waals surface area contributed by atoms with Crippen molar-refractivity contribution in [3.63, 3.8) is 0 Å². The van der Waals surface area contributed by atoms with E-state index in [1.807, 2.05) is 0 Å². The predicted molar refractivity (Wildman–Crippen MR) is 72.9 cm³/mol. The molecule has 0 aliphatic heterocycles. The lowest BCUT2D eigenvalue weighted by atomic mass is 9.93. The zero-order valence-electron chi connectivity index (χ0n) is 10.4. The Labute approximate surface area is 119 Å². The molecule has 6 heteroatoms. The summed E-state index contributed by atoms with van der Waals surface area (Å²) in [5.41, 5.74) is -0.321. The van der Waals surface area contributed by atoms with Gasteiger partial charge in [0.2, 0.25) is 0 Å². The molecule has 1 aliphatic carbocycles. The van der Waals surface area contributed by atoms with Gasteiger partial charge in [-0.05, 0) is 40.9 Å². The van der Waals surface area contributed by atoms with Crippen molar-refractivity contribution >= 4 is 27.8 Å². The minimum absolute atomic E-state index is 0.0350. The van der Waals surface area contributed by atoms with Gasteiger partial charge in [-0.15, -0.1) is 0 Å². The fourth-order valence-electron chi connectivity index (χ4n) is 2.53. The van der Waals surface area contributed by atoms with Crippen molar-refractivity contribution in [2.75, 3.05) is 0 Å². The molecule has 2 rings (SSSR count). The average Bonchev–Trinajstić information content (AvgIpc) is 2.76. The summed E-state index contributed by atoms with van der Waals surface area (Å²) in [6.07, 6.45) is 3.27. The minimum atomic E-state index is -0.885. The third-order valence-corrected chi connectivity index (χ3v) is 3.82. The molecule has 1 aliphatic rings. The molecule has 102 valence electrons. The van der Waals surface area contributed by atoms with Crippen molar-refractivity contribution in [1.82, 2.24) is 10.3 Å². The number of pyridine rings is 1. The van der Waals surface area contributed by atoms with Gasteiger partial charge < -0.3 is 10.4 Å². The maximum atomic E-state index is 12.2. The number of rotatable bonds is 4. The molecule has 0 radical (unpaired) electrons. The van der Waals surface area contributed by atoms with Gasteiger partial charge in [0.15, 0.2) is 0 Å². The van der Waals surface area contributed by atoms with Gasteiger partial charge in [-0.2, -0.15) is 0 Å². The van der Waals surface area contributed by atoms with Crippen LogP contribution in [0.15, 0.2) is 22.8 Å². The highest BCUT2D eigenvalue weighted by molar-refractivity contribution is 9.10. The van der Waals surface area contributed by atoms with Crippen molar-refractivity contribution < 1.29 is 14.7 Å². The molecule has 1 heterocycles. The first kappa shape index (κ1) is 14.0. The van der Waals surface area contributed by atoms with Crippen LogP contribution in [-0.4, -0.2) is 27.5 Å². The number of carbonyl (C=O) groups excluding carboxylic acids is 1. The highest BCUT2D eigenvalue weighted by Gasteiger charge is 2.37. The van der Waals surface area contributed by atoms with Crippen LogP contribution >= 0.6 is 15.9 Å². The van der Waals surface area contributed by atoms with Gasteiger partial charge in [-0.25, -0.2) is 4.98 Å². The molecule has 1 aromatic rings. The standard InChI is InChI=1S/C13H15BrN2O3/c14-10-5-3-4-9(15-10)12(19)16-13(8-11(17)18)6-1-2-7-13/h3-5H,1-2,6-8H2,(H,16,19)(H,17,18). The number of hydrogen-bond donors (Lipinski definition) is 2. The Hall–Kier alpha value is -1.43. The Kier molecular flexibility index (Phi) is 4.19. The molecule has 0 bridgehead atoms. The number of carboxylic acid groups (broad SMARTS) is 1. The quantitative estimate of drug-likeness (QED) is 0.832. The molecule has 0 atom stereocenters.